The van der Waals surface area contributed by atoms with Crippen molar-refractivity contribution in [1.29, 1.82) is 0 Å². The molecule has 0 amide bonds. The Labute approximate surface area is 345 Å². The quantitative estimate of drug-likeness (QED) is 0.0533. The third-order valence-electron chi connectivity index (χ3n) is 9.40. The monoisotopic (exact) mass is 979 g/mol. The maximum atomic E-state index is 15.4. The maximum Gasteiger partial charge on any atom is 0.265 e. The van der Waals surface area contributed by atoms with Gasteiger partial charge in [0.2, 0.25) is 11.9 Å². The number of hydrogen-bond donors (Lipinski definition) is 0. The van der Waals surface area contributed by atoms with Gasteiger partial charge < -0.3 is 0 Å². The molecule has 1 aromatic heterocycles. The lowest BCUT2D eigenvalue weighted by Gasteiger charge is -2.44. The van der Waals surface area contributed by atoms with Gasteiger partial charge in [-0.05, 0) is 36.4 Å². The fourth-order valence-corrected chi connectivity index (χ4v) is 6.96. The van der Waals surface area contributed by atoms with E-state index in [-0.39, 0.29) is 0 Å². The standard InChI is InChI=1S/C24BF20.C15H11BrNO/c26-5-1(6(27)14(35)21(42)13(5)34)25(2-7(28)15(36)22(43)16(37)8(2)29,3-9(30)17(38)23(44)18(39)10(3)31)4-11(32)19(40)24(45)20(41)12(4)33;16-13-7-9-14(10-8-13)18-17-11-3-5-12-4-1-2-6-15(12)17/h;1-11H/q-1;+1. The first-order chi connectivity index (χ1) is 29.5. The minimum atomic E-state index is -7.22. The molecule has 0 radical (unpaired) electrons. The van der Waals surface area contributed by atoms with Crippen molar-refractivity contribution in [2.24, 2.45) is 0 Å². The van der Waals surface area contributed by atoms with Gasteiger partial charge in [-0.15, -0.1) is 21.9 Å². The van der Waals surface area contributed by atoms with E-state index in [1.165, 1.54) is 0 Å². The fraction of sp³-hybridized carbons (Fsp3) is 0. The molecule has 2 nitrogen and oxygen atoms in total. The SMILES string of the molecule is Brc1ccc(O[n+]2cccc3ccccc32)cc1.Fc1c(F)c(F)c([B-](c2c(F)c(F)c(F)c(F)c2F)(c2c(F)c(F)c(F)c(F)c2F)c2c(F)c(F)c(F)c(F)c2F)c(F)c1F. The molecule has 0 unspecified atom stereocenters. The van der Waals surface area contributed by atoms with Crippen LogP contribution in [-0.4, -0.2) is 6.15 Å². The molecule has 328 valence electrons. The highest BCUT2D eigenvalue weighted by molar-refractivity contribution is 9.10. The summed E-state index contributed by atoms with van der Waals surface area (Å²) in [5, 5.41) is 1.15. The average Bonchev–Trinajstić information content (AvgIpc) is 3.27. The van der Waals surface area contributed by atoms with Crippen LogP contribution >= 0.6 is 15.9 Å². The molecule has 6 aromatic carbocycles. The van der Waals surface area contributed by atoms with E-state index in [1.807, 2.05) is 54.7 Å². The average molecular weight is 980 g/mol. The van der Waals surface area contributed by atoms with Crippen molar-refractivity contribution in [1.82, 2.24) is 0 Å². The van der Waals surface area contributed by atoms with Gasteiger partial charge in [0.05, 0.1) is 5.39 Å². The predicted molar refractivity (Wildman–Crippen MR) is 184 cm³/mol. The number of fused-ring (bicyclic) bond motifs is 1. The molecular weight excluding hydrogens is 969 g/mol. The molecule has 0 aliphatic carbocycles. The summed E-state index contributed by atoms with van der Waals surface area (Å²) in [6.45, 7) is 0. The number of para-hydroxylation sites is 1. The van der Waals surface area contributed by atoms with Gasteiger partial charge in [0.15, 0.2) is 69.8 Å². The molecule has 0 N–H and O–H groups in total. The second kappa shape index (κ2) is 17.1. The van der Waals surface area contributed by atoms with Gasteiger partial charge in [0.25, 0.3) is 5.52 Å². The van der Waals surface area contributed by atoms with Crippen LogP contribution in [-0.2, 0) is 0 Å². The molecule has 0 aliphatic heterocycles. The van der Waals surface area contributed by atoms with Crippen molar-refractivity contribution in [2.75, 3.05) is 0 Å². The van der Waals surface area contributed by atoms with Gasteiger partial charge in [-0.25, -0.2) is 92.6 Å². The number of nitrogens with zero attached hydrogens (tertiary/aromatic N) is 1. The molecule has 0 spiro atoms. The Morgan fingerprint density at radius 2 is 0.603 bits per heavy atom. The highest BCUT2D eigenvalue weighted by Gasteiger charge is 2.52. The lowest BCUT2D eigenvalue weighted by Crippen LogP contribution is -2.81. The van der Waals surface area contributed by atoms with E-state index in [2.05, 4.69) is 28.1 Å². The Hall–Kier alpha value is -6.33. The second-order valence-electron chi connectivity index (χ2n) is 12.7. The van der Waals surface area contributed by atoms with Crippen molar-refractivity contribution >= 4 is 54.8 Å². The summed E-state index contributed by atoms with van der Waals surface area (Å²) < 4.78 is 297. The molecule has 0 saturated carbocycles. The lowest BCUT2D eigenvalue weighted by atomic mass is 9.12. The molecular formula is C39H11BBrF20NO. The summed E-state index contributed by atoms with van der Waals surface area (Å²) in [6, 6.07) is 19.9. The van der Waals surface area contributed by atoms with Crippen LogP contribution in [0.25, 0.3) is 10.9 Å². The molecule has 0 saturated heterocycles. The van der Waals surface area contributed by atoms with Gasteiger partial charge in [-0.3, -0.25) is 0 Å². The molecule has 24 heteroatoms. The van der Waals surface area contributed by atoms with E-state index in [0.29, 0.717) is 0 Å². The maximum absolute atomic E-state index is 15.4. The summed E-state index contributed by atoms with van der Waals surface area (Å²) >= 11 is 3.41. The van der Waals surface area contributed by atoms with Crippen molar-refractivity contribution in [3.63, 3.8) is 0 Å². The van der Waals surface area contributed by atoms with Gasteiger partial charge >= 0.3 is 0 Å². The Balaban J connectivity index is 0.000000302. The van der Waals surface area contributed by atoms with E-state index in [0.717, 1.165) is 21.1 Å². The van der Waals surface area contributed by atoms with Gasteiger partial charge in [0.1, 0.15) is 52.7 Å². The summed E-state index contributed by atoms with van der Waals surface area (Å²) in [4.78, 5) is 5.84. The Kier molecular flexibility index (Phi) is 12.5. The van der Waals surface area contributed by atoms with E-state index >= 15 is 35.1 Å². The van der Waals surface area contributed by atoms with Gasteiger partial charge in [0, 0.05) is 21.3 Å². The zero-order valence-electron chi connectivity index (χ0n) is 29.7. The number of rotatable bonds is 6. The predicted octanol–water partition coefficient (Wildman–Crippen LogP) is 9.58. The normalized spacial score (nSPS) is 11.6. The number of pyridine rings is 1. The highest BCUT2D eigenvalue weighted by Crippen LogP contribution is 2.31. The van der Waals surface area contributed by atoms with Crippen molar-refractivity contribution in [2.45, 2.75) is 0 Å². The molecule has 1 heterocycles. The zero-order valence-corrected chi connectivity index (χ0v) is 31.3. The van der Waals surface area contributed by atoms with Crippen molar-refractivity contribution < 1.29 is 97.4 Å². The summed E-state index contributed by atoms with van der Waals surface area (Å²) in [6.07, 6.45) is -5.31. The molecule has 0 fully saturated rings. The first-order valence-corrected chi connectivity index (χ1v) is 17.4. The molecule has 0 atom stereocenters. The molecule has 63 heavy (non-hydrogen) atoms. The van der Waals surface area contributed by atoms with Crippen LogP contribution in [0.4, 0.5) is 87.8 Å². The van der Waals surface area contributed by atoms with Crippen LogP contribution < -0.4 is 31.4 Å². The molecule has 0 bridgehead atoms. The van der Waals surface area contributed by atoms with E-state index in [9.17, 15) is 52.7 Å². The fourth-order valence-electron chi connectivity index (χ4n) is 6.70. The third kappa shape index (κ3) is 7.26. The van der Waals surface area contributed by atoms with E-state index in [4.69, 9.17) is 4.84 Å². The van der Waals surface area contributed by atoms with Crippen LogP contribution in [0, 0.1) is 116 Å². The Bertz CT molecular complexity index is 2620. The lowest BCUT2D eigenvalue weighted by molar-refractivity contribution is -0.854. The first kappa shape index (κ1) is 46.2. The molecule has 7 rings (SSSR count). The second-order valence-corrected chi connectivity index (χ2v) is 13.7. The minimum Gasteiger partial charge on any atom is -0.231 e. The van der Waals surface area contributed by atoms with E-state index < -0.39 is 144 Å². The van der Waals surface area contributed by atoms with Gasteiger partial charge in [-0.1, -0.05) is 28.1 Å². The zero-order chi connectivity index (χ0) is 46.7. The van der Waals surface area contributed by atoms with Gasteiger partial charge in [-0.2, -0.15) is 0 Å². The topological polar surface area (TPSA) is 13.1 Å². The first-order valence-electron chi connectivity index (χ1n) is 16.6. The van der Waals surface area contributed by atoms with E-state index in [1.54, 1.807) is 4.73 Å². The van der Waals surface area contributed by atoms with Crippen LogP contribution in [0.2, 0.25) is 0 Å². The highest BCUT2D eigenvalue weighted by atomic mass is 79.9. The van der Waals surface area contributed by atoms with Crippen LogP contribution in [0.1, 0.15) is 0 Å². The van der Waals surface area contributed by atoms with Crippen LogP contribution in [0.3, 0.4) is 0 Å². The van der Waals surface area contributed by atoms with Crippen LogP contribution in [0.5, 0.6) is 5.75 Å². The molecule has 0 aliphatic rings. The largest absolute Gasteiger partial charge is 0.265 e. The number of halogens is 21. The summed E-state index contributed by atoms with van der Waals surface area (Å²) in [5.74, 6) is -70.6. The van der Waals surface area contributed by atoms with Crippen molar-refractivity contribution in [3.05, 3.63) is 188 Å². The minimum absolute atomic E-state index is 0.805. The number of hydrogen-bond acceptors (Lipinski definition) is 1. The molecule has 7 aromatic rings. The number of aromatic nitrogens is 1. The number of benzene rings is 6. The van der Waals surface area contributed by atoms with Crippen LogP contribution in [0.15, 0.2) is 71.3 Å². The summed E-state index contributed by atoms with van der Waals surface area (Å²) in [7, 11) is 0. The summed E-state index contributed by atoms with van der Waals surface area (Å²) in [5.41, 5.74) is -13.3. The smallest absolute Gasteiger partial charge is 0.231 e. The third-order valence-corrected chi connectivity index (χ3v) is 9.92. The Morgan fingerprint density at radius 1 is 0.333 bits per heavy atom. The Morgan fingerprint density at radius 3 is 0.921 bits per heavy atom. The van der Waals surface area contributed by atoms with Crippen molar-refractivity contribution in [3.8, 4) is 5.75 Å².